The van der Waals surface area contributed by atoms with Crippen molar-refractivity contribution in [3.8, 4) is 0 Å². The number of aliphatic hydroxyl groups excluding tert-OH is 1. The van der Waals surface area contributed by atoms with Gasteiger partial charge >= 0.3 is 0 Å². The second kappa shape index (κ2) is 12.0. The van der Waals surface area contributed by atoms with Crippen LogP contribution in [0.3, 0.4) is 0 Å². The van der Waals surface area contributed by atoms with Crippen LogP contribution in [0.25, 0.3) is 0 Å². The molecule has 1 aromatic rings. The van der Waals surface area contributed by atoms with Crippen LogP contribution in [0.5, 0.6) is 0 Å². The smallest absolute Gasteiger partial charge is 0.253 e. The zero-order chi connectivity index (χ0) is 29.2. The van der Waals surface area contributed by atoms with Crippen molar-refractivity contribution in [2.45, 2.75) is 76.2 Å². The number of anilines is 1. The summed E-state index contributed by atoms with van der Waals surface area (Å²) >= 11 is 6.54. The Kier molecular flexibility index (Phi) is 9.12. The Labute approximate surface area is 242 Å². The van der Waals surface area contributed by atoms with Gasteiger partial charge in [0.1, 0.15) is 11.6 Å². The standard InChI is InChI=1S/C31H42ClN3O5/c1-6-17-33(18-7-2)27(37)24-25-28(38)35(21(9-4)20-36)26(31(25)16-15-30(24,10-5)40-31)29(39)34(19-8-3)23-14-12-11-13-22(23)32/h6,8,11-14,21,24-26,36H,1,3,7,9-10,15-20H2,2,4-5H3/t21-,24+,25-,26?,30-,31?/m0/s1. The van der Waals surface area contributed by atoms with Crippen molar-refractivity contribution in [2.24, 2.45) is 11.8 Å². The molecule has 0 aliphatic carbocycles. The number of ether oxygens (including phenoxy) is 1. The number of carbonyl (C=O) groups is 3. The van der Waals surface area contributed by atoms with E-state index < -0.39 is 35.1 Å². The molecule has 0 radical (unpaired) electrons. The van der Waals surface area contributed by atoms with Crippen molar-refractivity contribution in [3.63, 3.8) is 0 Å². The number of hydrogen-bond donors (Lipinski definition) is 1. The molecule has 218 valence electrons. The molecule has 9 heteroatoms. The Morgan fingerprint density at radius 2 is 1.88 bits per heavy atom. The highest BCUT2D eigenvalue weighted by Gasteiger charge is 2.79. The van der Waals surface area contributed by atoms with Crippen LogP contribution in [0.1, 0.15) is 52.9 Å². The fourth-order valence-electron chi connectivity index (χ4n) is 7.29. The second-order valence-electron chi connectivity index (χ2n) is 11.1. The highest BCUT2D eigenvalue weighted by molar-refractivity contribution is 6.34. The first kappa shape index (κ1) is 30.3. The topological polar surface area (TPSA) is 90.4 Å². The average molecular weight is 572 g/mol. The molecule has 40 heavy (non-hydrogen) atoms. The van der Waals surface area contributed by atoms with Crippen molar-refractivity contribution in [1.82, 2.24) is 9.80 Å². The lowest BCUT2D eigenvalue weighted by molar-refractivity contribution is -0.153. The van der Waals surface area contributed by atoms with E-state index in [1.165, 1.54) is 9.80 Å². The summed E-state index contributed by atoms with van der Waals surface area (Å²) in [7, 11) is 0. The molecule has 1 N–H and O–H groups in total. The van der Waals surface area contributed by atoms with Gasteiger partial charge in [-0.2, -0.15) is 0 Å². The summed E-state index contributed by atoms with van der Waals surface area (Å²) in [4.78, 5) is 48.1. The monoisotopic (exact) mass is 571 g/mol. The highest BCUT2D eigenvalue weighted by atomic mass is 35.5. The van der Waals surface area contributed by atoms with Gasteiger partial charge in [0.25, 0.3) is 5.91 Å². The Balaban J connectivity index is 1.88. The van der Waals surface area contributed by atoms with Crippen LogP contribution in [-0.2, 0) is 19.1 Å². The maximum Gasteiger partial charge on any atom is 0.253 e. The number of aliphatic hydroxyl groups is 1. The van der Waals surface area contributed by atoms with Crippen molar-refractivity contribution in [2.75, 3.05) is 31.1 Å². The molecule has 8 nitrogen and oxygen atoms in total. The normalized spacial score (nSPS) is 29.3. The van der Waals surface area contributed by atoms with Gasteiger partial charge in [0.05, 0.1) is 40.8 Å². The quantitative estimate of drug-likeness (QED) is 0.358. The maximum atomic E-state index is 14.7. The number of rotatable bonds is 13. The van der Waals surface area contributed by atoms with Gasteiger partial charge in [-0.15, -0.1) is 13.2 Å². The fraction of sp³-hybridized carbons (Fsp3) is 0.581. The molecule has 0 aromatic heterocycles. The van der Waals surface area contributed by atoms with E-state index in [0.29, 0.717) is 49.5 Å². The predicted molar refractivity (Wildman–Crippen MR) is 156 cm³/mol. The molecule has 3 aliphatic heterocycles. The first-order chi connectivity index (χ1) is 19.2. The van der Waals surface area contributed by atoms with Crippen LogP contribution in [0.15, 0.2) is 49.6 Å². The molecule has 3 aliphatic rings. The molecule has 6 atom stereocenters. The predicted octanol–water partition coefficient (Wildman–Crippen LogP) is 4.21. The minimum atomic E-state index is -1.19. The Hall–Kier alpha value is -2.68. The summed E-state index contributed by atoms with van der Waals surface area (Å²) in [6, 6.07) is 5.43. The van der Waals surface area contributed by atoms with Crippen LogP contribution in [0.2, 0.25) is 5.02 Å². The van der Waals surface area contributed by atoms with Gasteiger partial charge < -0.3 is 24.5 Å². The van der Waals surface area contributed by atoms with Crippen molar-refractivity contribution in [1.29, 1.82) is 0 Å². The molecular formula is C31H42ClN3O5. The van der Waals surface area contributed by atoms with E-state index in [9.17, 15) is 19.5 Å². The number of nitrogens with zero attached hydrogens (tertiary/aromatic N) is 3. The van der Waals surface area contributed by atoms with Gasteiger partial charge in [-0.3, -0.25) is 14.4 Å². The summed E-state index contributed by atoms with van der Waals surface area (Å²) in [5, 5.41) is 10.7. The number of hydrogen-bond acceptors (Lipinski definition) is 5. The lowest BCUT2D eigenvalue weighted by atomic mass is 9.64. The van der Waals surface area contributed by atoms with Gasteiger partial charge in [0, 0.05) is 19.6 Å². The summed E-state index contributed by atoms with van der Waals surface area (Å²) in [5.41, 5.74) is -1.53. The van der Waals surface area contributed by atoms with Crippen molar-refractivity contribution in [3.05, 3.63) is 54.6 Å². The third kappa shape index (κ3) is 4.58. The zero-order valence-electron chi connectivity index (χ0n) is 23.9. The van der Waals surface area contributed by atoms with E-state index in [1.807, 2.05) is 20.8 Å². The minimum absolute atomic E-state index is 0.136. The number of halogens is 1. The van der Waals surface area contributed by atoms with E-state index in [0.717, 1.165) is 6.42 Å². The van der Waals surface area contributed by atoms with Crippen LogP contribution in [-0.4, -0.2) is 82.2 Å². The molecule has 3 saturated heterocycles. The number of likely N-dealkylation sites (tertiary alicyclic amines) is 1. The van der Waals surface area contributed by atoms with E-state index in [2.05, 4.69) is 13.2 Å². The van der Waals surface area contributed by atoms with Crippen LogP contribution in [0.4, 0.5) is 5.69 Å². The maximum absolute atomic E-state index is 14.7. The van der Waals surface area contributed by atoms with Gasteiger partial charge in [0.15, 0.2) is 0 Å². The van der Waals surface area contributed by atoms with Gasteiger partial charge in [-0.05, 0) is 44.2 Å². The van der Waals surface area contributed by atoms with Crippen molar-refractivity contribution < 1.29 is 24.2 Å². The number of carbonyl (C=O) groups excluding carboxylic acids is 3. The molecule has 2 unspecified atom stereocenters. The number of amides is 3. The molecule has 0 saturated carbocycles. The minimum Gasteiger partial charge on any atom is -0.394 e. The Morgan fingerprint density at radius 1 is 1.18 bits per heavy atom. The third-order valence-corrected chi connectivity index (χ3v) is 9.39. The Bertz CT molecular complexity index is 1160. The van der Waals surface area contributed by atoms with Gasteiger partial charge in [0.2, 0.25) is 11.8 Å². The van der Waals surface area contributed by atoms with E-state index >= 15 is 0 Å². The molecule has 1 spiro atoms. The second-order valence-corrected chi connectivity index (χ2v) is 11.5. The van der Waals surface area contributed by atoms with E-state index in [4.69, 9.17) is 16.3 Å². The molecule has 3 fully saturated rings. The SMILES string of the molecule is C=CCN(CCC)C(=O)[C@H]1[C@H]2C(=O)N([C@@H](CC)CO)C(C(=O)N(CC=C)c3ccccc3Cl)C23CC[C@]1(CC)O3. The van der Waals surface area contributed by atoms with E-state index in [1.54, 1.807) is 41.3 Å². The number of para-hydroxylation sites is 1. The third-order valence-electron chi connectivity index (χ3n) is 9.07. The molecule has 2 bridgehead atoms. The van der Waals surface area contributed by atoms with Gasteiger partial charge in [-0.25, -0.2) is 0 Å². The molecule has 3 heterocycles. The summed E-state index contributed by atoms with van der Waals surface area (Å²) < 4.78 is 6.91. The number of fused-ring (bicyclic) bond motifs is 1. The highest BCUT2D eigenvalue weighted by Crippen LogP contribution is 2.65. The lowest BCUT2D eigenvalue weighted by Gasteiger charge is -2.39. The molecular weight excluding hydrogens is 530 g/mol. The molecule has 1 aromatic carbocycles. The summed E-state index contributed by atoms with van der Waals surface area (Å²) in [6.07, 6.45) is 6.10. The largest absolute Gasteiger partial charge is 0.394 e. The van der Waals surface area contributed by atoms with Crippen molar-refractivity contribution >= 4 is 35.0 Å². The van der Waals surface area contributed by atoms with Crippen LogP contribution in [0, 0.1) is 11.8 Å². The lowest BCUT2D eigenvalue weighted by Crippen LogP contribution is -2.59. The van der Waals surface area contributed by atoms with Crippen LogP contribution < -0.4 is 4.90 Å². The molecule has 4 rings (SSSR count). The average Bonchev–Trinajstić information content (AvgIpc) is 3.56. The number of benzene rings is 1. The van der Waals surface area contributed by atoms with Gasteiger partial charge in [-0.1, -0.05) is 56.7 Å². The summed E-state index contributed by atoms with van der Waals surface area (Å²) in [6.45, 7) is 14.3. The first-order valence-electron chi connectivity index (χ1n) is 14.4. The van der Waals surface area contributed by atoms with Crippen LogP contribution >= 0.6 is 11.6 Å². The first-order valence-corrected chi connectivity index (χ1v) is 14.8. The zero-order valence-corrected chi connectivity index (χ0v) is 24.6. The summed E-state index contributed by atoms with van der Waals surface area (Å²) in [5.74, 6) is -2.35. The van der Waals surface area contributed by atoms with E-state index in [-0.39, 0.29) is 30.9 Å². The fourth-order valence-corrected chi connectivity index (χ4v) is 7.52. The molecule has 3 amide bonds. The Morgan fingerprint density at radius 3 is 2.45 bits per heavy atom.